The van der Waals surface area contributed by atoms with Crippen LogP contribution < -0.4 is 11.3 Å². The summed E-state index contributed by atoms with van der Waals surface area (Å²) in [4.78, 5) is 4.14. The third-order valence-corrected chi connectivity index (χ3v) is 2.91. The lowest BCUT2D eigenvalue weighted by Crippen LogP contribution is -2.29. The van der Waals surface area contributed by atoms with Gasteiger partial charge in [-0.25, -0.2) is 4.39 Å². The van der Waals surface area contributed by atoms with E-state index in [0.29, 0.717) is 12.0 Å². The molecule has 18 heavy (non-hydrogen) atoms. The van der Waals surface area contributed by atoms with Crippen molar-refractivity contribution in [2.24, 2.45) is 5.84 Å². The van der Waals surface area contributed by atoms with Crippen molar-refractivity contribution in [3.63, 3.8) is 0 Å². The second kappa shape index (κ2) is 5.71. The maximum absolute atomic E-state index is 13.6. The maximum atomic E-state index is 13.6. The molecule has 0 saturated heterocycles. The number of hydrazine groups is 1. The summed E-state index contributed by atoms with van der Waals surface area (Å²) in [6, 6.07) is 10.5. The van der Waals surface area contributed by atoms with Gasteiger partial charge in [-0.15, -0.1) is 0 Å². The van der Waals surface area contributed by atoms with Crippen LogP contribution in [0.4, 0.5) is 4.39 Å². The van der Waals surface area contributed by atoms with Crippen LogP contribution in [0.3, 0.4) is 0 Å². The molecule has 0 bridgehead atoms. The van der Waals surface area contributed by atoms with Gasteiger partial charge in [-0.3, -0.25) is 16.3 Å². The minimum atomic E-state index is -0.205. The van der Waals surface area contributed by atoms with Crippen LogP contribution in [-0.4, -0.2) is 4.98 Å². The molecular formula is C14H16FN3. The van der Waals surface area contributed by atoms with Gasteiger partial charge < -0.3 is 0 Å². The summed E-state index contributed by atoms with van der Waals surface area (Å²) >= 11 is 0. The fraction of sp³-hybridized carbons (Fsp3) is 0.214. The van der Waals surface area contributed by atoms with Gasteiger partial charge in [-0.1, -0.05) is 18.2 Å². The molecule has 0 radical (unpaired) electrons. The molecular weight excluding hydrogens is 229 g/mol. The van der Waals surface area contributed by atoms with Crippen LogP contribution >= 0.6 is 0 Å². The third kappa shape index (κ3) is 2.91. The molecule has 1 aromatic carbocycles. The first-order chi connectivity index (χ1) is 8.70. The zero-order valence-corrected chi connectivity index (χ0v) is 10.2. The molecule has 0 spiro atoms. The lowest BCUT2D eigenvalue weighted by atomic mass is 9.99. The number of nitrogens with one attached hydrogen (secondary N) is 1. The van der Waals surface area contributed by atoms with Crippen molar-refractivity contribution in [3.05, 3.63) is 65.2 Å². The Labute approximate surface area is 106 Å². The first kappa shape index (κ1) is 12.7. The highest BCUT2D eigenvalue weighted by Gasteiger charge is 2.13. The van der Waals surface area contributed by atoms with E-state index in [1.165, 1.54) is 6.07 Å². The summed E-state index contributed by atoms with van der Waals surface area (Å²) in [5.74, 6) is 5.35. The lowest BCUT2D eigenvalue weighted by Gasteiger charge is -2.17. The summed E-state index contributed by atoms with van der Waals surface area (Å²) in [5.41, 5.74) is 5.30. The van der Waals surface area contributed by atoms with Crippen molar-refractivity contribution in [1.82, 2.24) is 10.4 Å². The summed E-state index contributed by atoms with van der Waals surface area (Å²) in [7, 11) is 0. The minimum absolute atomic E-state index is 0.122. The molecule has 0 aliphatic heterocycles. The Kier molecular flexibility index (Phi) is 4.02. The van der Waals surface area contributed by atoms with Gasteiger partial charge in [0.1, 0.15) is 5.82 Å². The van der Waals surface area contributed by atoms with Gasteiger partial charge in [0.25, 0.3) is 0 Å². The van der Waals surface area contributed by atoms with E-state index in [1.807, 2.05) is 25.1 Å². The third-order valence-electron chi connectivity index (χ3n) is 2.91. The summed E-state index contributed by atoms with van der Waals surface area (Å²) in [6.45, 7) is 1.92. The van der Waals surface area contributed by atoms with Gasteiger partial charge in [0.05, 0.1) is 6.04 Å². The van der Waals surface area contributed by atoms with E-state index in [-0.39, 0.29) is 11.9 Å². The SMILES string of the molecule is Cc1cc(C(Cc2ccccc2F)NN)ccn1. The molecule has 2 rings (SSSR count). The predicted molar refractivity (Wildman–Crippen MR) is 69.1 cm³/mol. The van der Waals surface area contributed by atoms with Crippen molar-refractivity contribution >= 4 is 0 Å². The molecule has 4 heteroatoms. The van der Waals surface area contributed by atoms with E-state index >= 15 is 0 Å². The van der Waals surface area contributed by atoms with Crippen molar-refractivity contribution < 1.29 is 4.39 Å². The fourth-order valence-corrected chi connectivity index (χ4v) is 1.94. The van der Waals surface area contributed by atoms with Crippen LogP contribution in [0.25, 0.3) is 0 Å². The summed E-state index contributed by atoms with van der Waals surface area (Å²) in [6.07, 6.45) is 2.24. The molecule has 0 aliphatic rings. The fourth-order valence-electron chi connectivity index (χ4n) is 1.94. The van der Waals surface area contributed by atoms with E-state index in [4.69, 9.17) is 5.84 Å². The van der Waals surface area contributed by atoms with Gasteiger partial charge in [-0.2, -0.15) is 0 Å². The number of aryl methyl sites for hydroxylation is 1. The van der Waals surface area contributed by atoms with E-state index in [0.717, 1.165) is 11.3 Å². The lowest BCUT2D eigenvalue weighted by molar-refractivity contribution is 0.528. The van der Waals surface area contributed by atoms with Gasteiger partial charge >= 0.3 is 0 Å². The molecule has 94 valence electrons. The largest absolute Gasteiger partial charge is 0.271 e. The Morgan fingerprint density at radius 3 is 2.78 bits per heavy atom. The normalized spacial score (nSPS) is 12.4. The standard InChI is InChI=1S/C14H16FN3/c1-10-8-12(6-7-17-10)14(18-16)9-11-4-2-3-5-13(11)15/h2-8,14,18H,9,16H2,1H3. The molecule has 1 atom stereocenters. The maximum Gasteiger partial charge on any atom is 0.126 e. The van der Waals surface area contributed by atoms with E-state index in [1.54, 1.807) is 18.3 Å². The summed E-state index contributed by atoms with van der Waals surface area (Å²) < 4.78 is 13.6. The molecule has 0 amide bonds. The Morgan fingerprint density at radius 1 is 1.33 bits per heavy atom. The second-order valence-corrected chi connectivity index (χ2v) is 4.25. The van der Waals surface area contributed by atoms with Crippen LogP contribution in [0, 0.1) is 12.7 Å². The molecule has 1 heterocycles. The van der Waals surface area contributed by atoms with Gasteiger partial charge in [0, 0.05) is 11.9 Å². The molecule has 3 N–H and O–H groups in total. The number of hydrogen-bond donors (Lipinski definition) is 2. The average Bonchev–Trinajstić information content (AvgIpc) is 2.38. The second-order valence-electron chi connectivity index (χ2n) is 4.25. The van der Waals surface area contributed by atoms with Gasteiger partial charge in [0.15, 0.2) is 0 Å². The van der Waals surface area contributed by atoms with Crippen LogP contribution in [0.15, 0.2) is 42.6 Å². The monoisotopic (exact) mass is 245 g/mol. The predicted octanol–water partition coefficient (Wildman–Crippen LogP) is 2.28. The topological polar surface area (TPSA) is 50.9 Å². The Hall–Kier alpha value is -1.78. The number of rotatable bonds is 4. The van der Waals surface area contributed by atoms with Crippen LogP contribution in [-0.2, 0) is 6.42 Å². The minimum Gasteiger partial charge on any atom is -0.271 e. The Morgan fingerprint density at radius 2 is 2.11 bits per heavy atom. The van der Waals surface area contributed by atoms with Crippen LogP contribution in [0.1, 0.15) is 22.9 Å². The number of pyridine rings is 1. The van der Waals surface area contributed by atoms with Gasteiger partial charge in [-0.05, 0) is 42.7 Å². The first-order valence-electron chi connectivity index (χ1n) is 5.83. The number of nitrogens with zero attached hydrogens (tertiary/aromatic N) is 1. The molecule has 1 unspecified atom stereocenters. The highest BCUT2D eigenvalue weighted by molar-refractivity contribution is 5.24. The van der Waals surface area contributed by atoms with Crippen LogP contribution in [0.2, 0.25) is 0 Å². The van der Waals surface area contributed by atoms with Crippen molar-refractivity contribution in [2.45, 2.75) is 19.4 Å². The zero-order valence-electron chi connectivity index (χ0n) is 10.2. The molecule has 0 fully saturated rings. The molecule has 0 saturated carbocycles. The average molecular weight is 245 g/mol. The number of halogens is 1. The molecule has 0 aliphatic carbocycles. The molecule has 3 nitrogen and oxygen atoms in total. The molecule has 2 aromatic rings. The van der Waals surface area contributed by atoms with Gasteiger partial charge in [0.2, 0.25) is 0 Å². The smallest absolute Gasteiger partial charge is 0.126 e. The van der Waals surface area contributed by atoms with Crippen LogP contribution in [0.5, 0.6) is 0 Å². The number of nitrogens with two attached hydrogens (primary N) is 1. The molecule has 1 aromatic heterocycles. The summed E-state index contributed by atoms with van der Waals surface area (Å²) in [5, 5.41) is 0. The highest BCUT2D eigenvalue weighted by Crippen LogP contribution is 2.19. The number of hydrogen-bond acceptors (Lipinski definition) is 3. The quantitative estimate of drug-likeness (QED) is 0.642. The number of benzene rings is 1. The number of aromatic nitrogens is 1. The highest BCUT2D eigenvalue weighted by atomic mass is 19.1. The van der Waals surface area contributed by atoms with E-state index < -0.39 is 0 Å². The first-order valence-corrected chi connectivity index (χ1v) is 5.83. The van der Waals surface area contributed by atoms with Crippen molar-refractivity contribution in [1.29, 1.82) is 0 Å². The Bertz CT molecular complexity index is 528. The van der Waals surface area contributed by atoms with Crippen molar-refractivity contribution in [3.8, 4) is 0 Å². The Balaban J connectivity index is 2.23. The van der Waals surface area contributed by atoms with Crippen molar-refractivity contribution in [2.75, 3.05) is 0 Å². The van der Waals surface area contributed by atoms with E-state index in [2.05, 4.69) is 10.4 Å². The zero-order chi connectivity index (χ0) is 13.0. The van der Waals surface area contributed by atoms with E-state index in [9.17, 15) is 4.39 Å².